The quantitative estimate of drug-likeness (QED) is 0.627. The van der Waals surface area contributed by atoms with E-state index in [1.54, 1.807) is 32.4 Å². The van der Waals surface area contributed by atoms with Crippen molar-refractivity contribution in [3.05, 3.63) is 18.2 Å². The molecule has 0 spiro atoms. The van der Waals surface area contributed by atoms with Gasteiger partial charge in [0.05, 0.1) is 14.2 Å². The molecule has 0 saturated carbocycles. The summed E-state index contributed by atoms with van der Waals surface area (Å²) in [5.74, 6) is 1.39. The van der Waals surface area contributed by atoms with E-state index in [1.807, 2.05) is 0 Å². The highest BCUT2D eigenvalue weighted by Crippen LogP contribution is 2.26. The predicted octanol–water partition coefficient (Wildman–Crippen LogP) is 1.61. The molecule has 0 amide bonds. The first-order valence-corrected chi connectivity index (χ1v) is 3.58. The van der Waals surface area contributed by atoms with Crippen molar-refractivity contribution < 1.29 is 9.47 Å². The van der Waals surface area contributed by atoms with Crippen LogP contribution >= 0.6 is 0 Å². The number of benzene rings is 1. The van der Waals surface area contributed by atoms with Crippen molar-refractivity contribution in [3.8, 4) is 11.5 Å². The van der Waals surface area contributed by atoms with Gasteiger partial charge in [0.15, 0.2) is 11.5 Å². The summed E-state index contributed by atoms with van der Waals surface area (Å²) in [5.41, 5.74) is 0. The van der Waals surface area contributed by atoms with E-state index in [-0.39, 0.29) is 0 Å². The van der Waals surface area contributed by atoms with Gasteiger partial charge in [0.2, 0.25) is 0 Å². The van der Waals surface area contributed by atoms with Crippen molar-refractivity contribution in [1.29, 1.82) is 0 Å². The average Bonchev–Trinajstić information content (AvgIpc) is 2.04. The van der Waals surface area contributed by atoms with Gasteiger partial charge in [-0.25, -0.2) is 0 Å². The van der Waals surface area contributed by atoms with Crippen molar-refractivity contribution >= 4 is 12.6 Å². The van der Waals surface area contributed by atoms with Crippen LogP contribution in [0.2, 0.25) is 0 Å². The molecule has 1 aromatic carbocycles. The summed E-state index contributed by atoms with van der Waals surface area (Å²) in [5, 5.41) is 0. The summed E-state index contributed by atoms with van der Waals surface area (Å²) < 4.78 is 10.0. The van der Waals surface area contributed by atoms with Crippen molar-refractivity contribution in [3.63, 3.8) is 0 Å². The highest BCUT2D eigenvalue weighted by atomic mass is 32.1. The molecule has 1 aromatic rings. The van der Waals surface area contributed by atoms with E-state index in [1.165, 1.54) is 0 Å². The first-order valence-electron chi connectivity index (χ1n) is 3.17. The lowest BCUT2D eigenvalue weighted by molar-refractivity contribution is 0.354. The van der Waals surface area contributed by atoms with Crippen LogP contribution in [-0.4, -0.2) is 14.2 Å². The van der Waals surface area contributed by atoms with Crippen LogP contribution < -0.4 is 9.47 Å². The fraction of sp³-hybridized carbons (Fsp3) is 0.250. The minimum atomic E-state index is 0.681. The van der Waals surface area contributed by atoms with E-state index in [9.17, 15) is 0 Å². The lowest BCUT2D eigenvalue weighted by Crippen LogP contribution is -1.89. The predicted molar refractivity (Wildman–Crippen MR) is 45.2 cm³/mol. The summed E-state index contributed by atoms with van der Waals surface area (Å²) in [6.45, 7) is 0. The van der Waals surface area contributed by atoms with Crippen LogP contribution in [0.25, 0.3) is 0 Å². The second-order valence-corrected chi connectivity index (χ2v) is 2.49. The molecule has 0 aromatic heterocycles. The molecular weight excluding hydrogens is 160 g/mol. The van der Waals surface area contributed by atoms with Crippen molar-refractivity contribution in [2.75, 3.05) is 14.2 Å². The molecule has 0 unspecified atom stereocenters. The Morgan fingerprint density at radius 2 is 1.73 bits per heavy atom. The molecule has 2 nitrogen and oxygen atoms in total. The molecule has 0 N–H and O–H groups in total. The van der Waals surface area contributed by atoms with Crippen molar-refractivity contribution in [1.82, 2.24) is 0 Å². The third kappa shape index (κ3) is 1.74. The Morgan fingerprint density at radius 1 is 1.09 bits per heavy atom. The fourth-order valence-corrected chi connectivity index (χ4v) is 0.992. The van der Waals surface area contributed by atoms with Crippen LogP contribution in [0.15, 0.2) is 23.1 Å². The van der Waals surface area contributed by atoms with E-state index >= 15 is 0 Å². The molecule has 1 rings (SSSR count). The molecule has 0 aliphatic heterocycles. The highest BCUT2D eigenvalue weighted by molar-refractivity contribution is 7.58. The van der Waals surface area contributed by atoms with Gasteiger partial charge < -0.3 is 22.1 Å². The SMILES string of the molecule is COc1ccc([S-])cc1OC. The van der Waals surface area contributed by atoms with Crippen molar-refractivity contribution in [2.24, 2.45) is 0 Å². The Hall–Kier alpha value is -0.960. The third-order valence-electron chi connectivity index (χ3n) is 1.36. The minimum absolute atomic E-state index is 0.681. The fourth-order valence-electron chi connectivity index (χ4n) is 0.817. The third-order valence-corrected chi connectivity index (χ3v) is 1.61. The van der Waals surface area contributed by atoms with Crippen LogP contribution in [0.4, 0.5) is 0 Å². The molecule has 0 saturated heterocycles. The summed E-state index contributed by atoms with van der Waals surface area (Å²) in [6, 6.07) is 5.35. The second-order valence-electron chi connectivity index (χ2n) is 2.02. The summed E-state index contributed by atoms with van der Waals surface area (Å²) in [4.78, 5) is 0.752. The van der Waals surface area contributed by atoms with Gasteiger partial charge >= 0.3 is 0 Å². The van der Waals surface area contributed by atoms with E-state index in [0.717, 1.165) is 4.90 Å². The van der Waals surface area contributed by atoms with E-state index < -0.39 is 0 Å². The standard InChI is InChI=1S/C8H10O2S/c1-9-7-4-3-6(11)5-8(7)10-2/h3-5,11H,1-2H3/p-1. The zero-order valence-corrected chi connectivity index (χ0v) is 7.27. The van der Waals surface area contributed by atoms with E-state index in [2.05, 4.69) is 0 Å². The van der Waals surface area contributed by atoms with E-state index in [0.29, 0.717) is 11.5 Å². The maximum atomic E-state index is 5.03. The number of hydrogen-bond acceptors (Lipinski definition) is 3. The number of rotatable bonds is 2. The highest BCUT2D eigenvalue weighted by Gasteiger charge is 1.98. The van der Waals surface area contributed by atoms with Crippen LogP contribution in [0, 0.1) is 0 Å². The van der Waals surface area contributed by atoms with Gasteiger partial charge in [-0.15, -0.1) is 0 Å². The zero-order valence-electron chi connectivity index (χ0n) is 6.46. The summed E-state index contributed by atoms with van der Waals surface area (Å²) in [6.07, 6.45) is 0. The Balaban J connectivity index is 3.06. The van der Waals surface area contributed by atoms with Crippen LogP contribution in [-0.2, 0) is 12.6 Å². The zero-order chi connectivity index (χ0) is 8.27. The normalized spacial score (nSPS) is 9.27. The van der Waals surface area contributed by atoms with Gasteiger partial charge in [-0.05, 0) is 12.1 Å². The lowest BCUT2D eigenvalue weighted by Gasteiger charge is -2.11. The summed E-state index contributed by atoms with van der Waals surface area (Å²) in [7, 11) is 3.19. The Morgan fingerprint density at radius 3 is 2.27 bits per heavy atom. The second kappa shape index (κ2) is 3.44. The molecule has 0 bridgehead atoms. The maximum absolute atomic E-state index is 5.03. The molecule has 0 fully saturated rings. The Kier molecular flexibility index (Phi) is 2.54. The van der Waals surface area contributed by atoms with Gasteiger partial charge in [-0.3, -0.25) is 0 Å². The van der Waals surface area contributed by atoms with E-state index in [4.69, 9.17) is 22.1 Å². The molecule has 0 aliphatic rings. The molecule has 3 heteroatoms. The smallest absolute Gasteiger partial charge is 0.160 e. The Labute approximate surface area is 71.5 Å². The number of hydrogen-bond donors (Lipinski definition) is 0. The maximum Gasteiger partial charge on any atom is 0.160 e. The number of methoxy groups -OCH3 is 2. The average molecular weight is 169 g/mol. The molecule has 11 heavy (non-hydrogen) atoms. The molecule has 0 heterocycles. The summed E-state index contributed by atoms with van der Waals surface area (Å²) >= 11 is 4.94. The Bertz CT molecular complexity index is 248. The molecule has 0 radical (unpaired) electrons. The van der Waals surface area contributed by atoms with Gasteiger partial charge in [-0.2, -0.15) is 4.90 Å². The van der Waals surface area contributed by atoms with Gasteiger partial charge in [0.1, 0.15) is 0 Å². The molecule has 60 valence electrons. The minimum Gasteiger partial charge on any atom is -0.780 e. The first-order chi connectivity index (χ1) is 5.27. The van der Waals surface area contributed by atoms with Gasteiger partial charge in [0, 0.05) is 0 Å². The van der Waals surface area contributed by atoms with Gasteiger partial charge in [0.25, 0.3) is 0 Å². The molecular formula is C8H9O2S-. The van der Waals surface area contributed by atoms with Crippen LogP contribution in [0.5, 0.6) is 11.5 Å². The first kappa shape index (κ1) is 8.14. The largest absolute Gasteiger partial charge is 0.780 e. The van der Waals surface area contributed by atoms with Gasteiger partial charge in [-0.1, -0.05) is 6.07 Å². The monoisotopic (exact) mass is 169 g/mol. The molecule has 0 atom stereocenters. The van der Waals surface area contributed by atoms with Crippen LogP contribution in [0.1, 0.15) is 0 Å². The topological polar surface area (TPSA) is 18.5 Å². The van der Waals surface area contributed by atoms with Crippen LogP contribution in [0.3, 0.4) is 0 Å². The molecule has 0 aliphatic carbocycles. The lowest BCUT2D eigenvalue weighted by atomic mass is 10.3. The van der Waals surface area contributed by atoms with Crippen molar-refractivity contribution in [2.45, 2.75) is 4.90 Å². The number of ether oxygens (including phenoxy) is 2.